The minimum Gasteiger partial charge on any atom is -0.272 e. The van der Waals surface area contributed by atoms with Crippen LogP contribution in [0.3, 0.4) is 0 Å². The average Bonchev–Trinajstić information content (AvgIpc) is 3.28. The molecule has 0 aromatic heterocycles. The van der Waals surface area contributed by atoms with Crippen LogP contribution in [-0.2, 0) is 4.79 Å². The quantitative estimate of drug-likeness (QED) is 0.261. The molecule has 0 aliphatic heterocycles. The first-order chi connectivity index (χ1) is 20.5. The number of nitrogens with one attached hydrogen (secondary N) is 2. The zero-order valence-electron chi connectivity index (χ0n) is 28.8. The summed E-state index contributed by atoms with van der Waals surface area (Å²) in [5.74, 6) is 3.14. The first-order valence-corrected chi connectivity index (χ1v) is 18.0. The molecule has 0 saturated heterocycles. The lowest BCUT2D eigenvalue weighted by molar-refractivity contribution is -0.219. The van der Waals surface area contributed by atoms with Gasteiger partial charge in [0.15, 0.2) is 0 Å². The number of amides is 2. The minimum absolute atomic E-state index is 0.0228. The van der Waals surface area contributed by atoms with Crippen molar-refractivity contribution in [1.29, 1.82) is 0 Å². The summed E-state index contributed by atoms with van der Waals surface area (Å²) in [4.78, 5) is 27.4. The number of hydrogen-bond acceptors (Lipinski definition) is 2. The number of hydrogen-bond donors (Lipinski definition) is 2. The highest BCUT2D eigenvalue weighted by Gasteiger charge is 2.70. The van der Waals surface area contributed by atoms with Crippen molar-refractivity contribution < 1.29 is 9.59 Å². The fourth-order valence-corrected chi connectivity index (χ4v) is 12.8. The number of carbonyl (C=O) groups is 2. The molecule has 6 rings (SSSR count). The number of halogens is 1. The number of fused-ring (bicyclic) bond motifs is 7. The van der Waals surface area contributed by atoms with Crippen LogP contribution in [0.5, 0.6) is 0 Å². The summed E-state index contributed by atoms with van der Waals surface area (Å²) in [5, 5.41) is 0.582. The summed E-state index contributed by atoms with van der Waals surface area (Å²) in [6, 6.07) is 6.78. The van der Waals surface area contributed by atoms with Gasteiger partial charge in [-0.2, -0.15) is 0 Å². The SMILES string of the molecule is CC(C)C1=C2[C@H]3CC[C@@H]4C5(C)CC[C@H](C)C(C)(C)[C@@H]5CC[C@@]4(C)[C@]3(C)CC[C@@]2(C(=O)NNC(=O)c2ccc(Cl)cc2)CC1C. The Bertz CT molecular complexity index is 1360. The van der Waals surface area contributed by atoms with Gasteiger partial charge in [0.25, 0.3) is 5.91 Å². The maximum Gasteiger partial charge on any atom is 0.269 e. The van der Waals surface area contributed by atoms with E-state index in [2.05, 4.69) is 73.2 Å². The average molecular weight is 621 g/mol. The number of benzene rings is 1. The van der Waals surface area contributed by atoms with Crippen LogP contribution in [0.2, 0.25) is 5.02 Å². The maximum atomic E-state index is 14.4. The van der Waals surface area contributed by atoms with E-state index in [0.29, 0.717) is 39.2 Å². The van der Waals surface area contributed by atoms with E-state index in [1.165, 1.54) is 49.7 Å². The Hall–Kier alpha value is -1.81. The highest BCUT2D eigenvalue weighted by atomic mass is 35.5. The van der Waals surface area contributed by atoms with Crippen LogP contribution < -0.4 is 10.9 Å². The van der Waals surface area contributed by atoms with Gasteiger partial charge < -0.3 is 0 Å². The molecule has 2 unspecified atom stereocenters. The Morgan fingerprint density at radius 1 is 0.818 bits per heavy atom. The molecule has 0 heterocycles. The molecular weight excluding hydrogens is 564 g/mol. The molecule has 4 nitrogen and oxygen atoms in total. The summed E-state index contributed by atoms with van der Waals surface area (Å²) in [5.41, 5.74) is 9.78. The van der Waals surface area contributed by atoms with Gasteiger partial charge >= 0.3 is 0 Å². The van der Waals surface area contributed by atoms with E-state index >= 15 is 0 Å². The molecular formula is C39H57ClN2O2. The largest absolute Gasteiger partial charge is 0.272 e. The Labute approximate surface area is 271 Å². The van der Waals surface area contributed by atoms with Crippen molar-refractivity contribution in [2.24, 2.45) is 62.6 Å². The van der Waals surface area contributed by atoms with Crippen molar-refractivity contribution in [3.8, 4) is 0 Å². The van der Waals surface area contributed by atoms with Crippen molar-refractivity contribution in [2.45, 2.75) is 120 Å². The van der Waals surface area contributed by atoms with Gasteiger partial charge in [-0.1, -0.05) is 85.1 Å². The monoisotopic (exact) mass is 620 g/mol. The van der Waals surface area contributed by atoms with Crippen LogP contribution in [0.25, 0.3) is 0 Å². The van der Waals surface area contributed by atoms with E-state index < -0.39 is 5.41 Å². The molecule has 2 N–H and O–H groups in total. The standard InChI is InChI=1S/C39H57ClN2O2/c1-23(2)31-24(3)22-39(34(44)42-41-33(43)26-10-12-27(40)13-11-26)21-20-37(8)28(32(31)39)14-15-30-36(7)18-16-25(4)35(5,6)29(36)17-19-38(30,37)9/h10-13,23-25,28-30H,14-22H2,1-9H3,(H,41,43)(H,42,44)/t24?,25-,28+,29-,30+,36?,37+,38+,39+/m0/s1. The molecule has 1 aromatic carbocycles. The molecule has 4 fully saturated rings. The van der Waals surface area contributed by atoms with Crippen LogP contribution in [0, 0.1) is 62.6 Å². The topological polar surface area (TPSA) is 58.2 Å². The van der Waals surface area contributed by atoms with Crippen molar-refractivity contribution in [2.75, 3.05) is 0 Å². The van der Waals surface area contributed by atoms with Gasteiger partial charge in [0.1, 0.15) is 0 Å². The lowest BCUT2D eigenvalue weighted by Gasteiger charge is -2.72. The Kier molecular flexibility index (Phi) is 7.75. The molecule has 44 heavy (non-hydrogen) atoms. The maximum absolute atomic E-state index is 14.4. The van der Waals surface area contributed by atoms with Crippen LogP contribution in [0.4, 0.5) is 0 Å². The summed E-state index contributed by atoms with van der Waals surface area (Å²) in [6.45, 7) is 22.6. The third-order valence-electron chi connectivity index (χ3n) is 15.3. The zero-order valence-corrected chi connectivity index (χ0v) is 29.6. The van der Waals surface area contributed by atoms with Crippen LogP contribution in [0.1, 0.15) is 130 Å². The van der Waals surface area contributed by atoms with Crippen molar-refractivity contribution in [3.63, 3.8) is 0 Å². The van der Waals surface area contributed by atoms with E-state index in [1.54, 1.807) is 24.3 Å². The number of allylic oxidation sites excluding steroid dienone is 1. The fourth-order valence-electron chi connectivity index (χ4n) is 12.7. The lowest BCUT2D eigenvalue weighted by atomic mass is 9.32. The van der Waals surface area contributed by atoms with Gasteiger partial charge in [0.05, 0.1) is 5.41 Å². The van der Waals surface area contributed by atoms with E-state index in [9.17, 15) is 9.59 Å². The molecule has 5 aliphatic carbocycles. The summed E-state index contributed by atoms with van der Waals surface area (Å²) in [7, 11) is 0. The molecule has 5 aliphatic rings. The van der Waals surface area contributed by atoms with Crippen molar-refractivity contribution in [3.05, 3.63) is 46.0 Å². The van der Waals surface area contributed by atoms with Crippen LogP contribution in [-0.4, -0.2) is 11.8 Å². The number of hydrazine groups is 1. The molecule has 0 spiro atoms. The third-order valence-corrected chi connectivity index (χ3v) is 15.6. The number of carbonyl (C=O) groups excluding carboxylic acids is 2. The summed E-state index contributed by atoms with van der Waals surface area (Å²) in [6.07, 6.45) is 10.6. The van der Waals surface area contributed by atoms with Crippen molar-refractivity contribution in [1.82, 2.24) is 10.9 Å². The second kappa shape index (κ2) is 10.6. The second-order valence-corrected chi connectivity index (χ2v) is 17.9. The first kappa shape index (κ1) is 32.1. The van der Waals surface area contributed by atoms with Gasteiger partial charge in [-0.15, -0.1) is 0 Å². The highest BCUT2D eigenvalue weighted by Crippen LogP contribution is 2.77. The van der Waals surface area contributed by atoms with Gasteiger partial charge in [-0.3, -0.25) is 20.4 Å². The second-order valence-electron chi connectivity index (χ2n) is 17.5. The zero-order chi connectivity index (χ0) is 32.0. The van der Waals surface area contributed by atoms with E-state index in [4.69, 9.17) is 11.6 Å². The lowest BCUT2D eigenvalue weighted by Crippen LogP contribution is -2.65. The van der Waals surface area contributed by atoms with E-state index in [1.807, 2.05) is 0 Å². The minimum atomic E-state index is -0.553. The summed E-state index contributed by atoms with van der Waals surface area (Å²) < 4.78 is 0. The van der Waals surface area contributed by atoms with Crippen LogP contribution in [0.15, 0.2) is 35.4 Å². The molecule has 5 heteroatoms. The van der Waals surface area contributed by atoms with E-state index in [-0.39, 0.29) is 22.6 Å². The Balaban J connectivity index is 1.34. The highest BCUT2D eigenvalue weighted by molar-refractivity contribution is 6.30. The summed E-state index contributed by atoms with van der Waals surface area (Å²) >= 11 is 6.03. The Morgan fingerprint density at radius 3 is 2.16 bits per heavy atom. The predicted octanol–water partition coefficient (Wildman–Crippen LogP) is 9.78. The molecule has 242 valence electrons. The first-order valence-electron chi connectivity index (χ1n) is 17.6. The normalized spacial score (nSPS) is 42.6. The smallest absolute Gasteiger partial charge is 0.269 e. The molecule has 2 amide bonds. The number of rotatable bonds is 3. The van der Waals surface area contributed by atoms with Gasteiger partial charge in [-0.25, -0.2) is 0 Å². The molecule has 1 aromatic rings. The molecule has 0 bridgehead atoms. The van der Waals surface area contributed by atoms with Crippen molar-refractivity contribution >= 4 is 23.4 Å². The molecule has 0 radical (unpaired) electrons. The third kappa shape index (κ3) is 4.34. The van der Waals surface area contributed by atoms with E-state index in [0.717, 1.165) is 37.0 Å². The van der Waals surface area contributed by atoms with Gasteiger partial charge in [0.2, 0.25) is 5.91 Å². The van der Waals surface area contributed by atoms with Gasteiger partial charge in [-0.05, 0) is 139 Å². The Morgan fingerprint density at radius 2 is 1.50 bits per heavy atom. The predicted molar refractivity (Wildman–Crippen MR) is 180 cm³/mol. The van der Waals surface area contributed by atoms with Gasteiger partial charge in [0, 0.05) is 10.6 Å². The molecule has 4 saturated carbocycles. The fraction of sp³-hybridized carbons (Fsp3) is 0.744. The molecule has 9 atom stereocenters. The van der Waals surface area contributed by atoms with Crippen LogP contribution >= 0.6 is 11.6 Å².